The summed E-state index contributed by atoms with van der Waals surface area (Å²) in [5, 5.41) is 9.98. The minimum atomic E-state index is -0.822. The number of fused-ring (bicyclic) bond motifs is 1. The van der Waals surface area contributed by atoms with E-state index < -0.39 is 11.9 Å². The molecule has 3 rings (SSSR count). The molecule has 1 aliphatic rings. The number of nitrogens with zero attached hydrogens (tertiary/aromatic N) is 2. The Hall–Kier alpha value is -2.43. The van der Waals surface area contributed by atoms with Gasteiger partial charge in [0.1, 0.15) is 0 Å². The third kappa shape index (κ3) is 2.86. The fraction of sp³-hybridized carbons (Fsp3) is 0.312. The summed E-state index contributed by atoms with van der Waals surface area (Å²) in [6.07, 6.45) is 2.52. The van der Waals surface area contributed by atoms with Gasteiger partial charge in [-0.25, -0.2) is 0 Å². The van der Waals surface area contributed by atoms with Gasteiger partial charge in [-0.3, -0.25) is 14.6 Å². The zero-order valence-corrected chi connectivity index (χ0v) is 11.5. The third-order valence-corrected chi connectivity index (χ3v) is 3.89. The molecular weight excluding hydrogens is 268 g/mol. The van der Waals surface area contributed by atoms with E-state index in [2.05, 4.69) is 4.98 Å². The Morgan fingerprint density at radius 2 is 2.14 bits per heavy atom. The van der Waals surface area contributed by atoms with Crippen LogP contribution in [0.25, 0.3) is 10.9 Å². The summed E-state index contributed by atoms with van der Waals surface area (Å²) in [6.45, 7) is 0.839. The third-order valence-electron chi connectivity index (χ3n) is 3.89. The molecule has 1 N–H and O–H groups in total. The molecule has 1 aliphatic heterocycles. The van der Waals surface area contributed by atoms with Gasteiger partial charge in [0.25, 0.3) is 0 Å². The van der Waals surface area contributed by atoms with Gasteiger partial charge >= 0.3 is 5.97 Å². The fourth-order valence-electron chi connectivity index (χ4n) is 2.69. The summed E-state index contributed by atoms with van der Waals surface area (Å²) in [5.41, 5.74) is 1.76. The van der Waals surface area contributed by atoms with E-state index in [0.29, 0.717) is 19.5 Å². The van der Waals surface area contributed by atoms with Crippen LogP contribution in [0.3, 0.4) is 0 Å². The first-order valence-corrected chi connectivity index (χ1v) is 6.98. The molecule has 0 bridgehead atoms. The SMILES string of the molecule is O=C(O)C1CCN(C(=O)Cc2cnc3ccccc3c2)C1. The predicted octanol–water partition coefficient (Wildman–Crippen LogP) is 1.71. The summed E-state index contributed by atoms with van der Waals surface area (Å²) >= 11 is 0. The number of pyridine rings is 1. The van der Waals surface area contributed by atoms with E-state index in [4.69, 9.17) is 5.11 Å². The normalized spacial score (nSPS) is 18.1. The van der Waals surface area contributed by atoms with Gasteiger partial charge in [-0.05, 0) is 24.1 Å². The topological polar surface area (TPSA) is 70.5 Å². The van der Waals surface area contributed by atoms with E-state index >= 15 is 0 Å². The quantitative estimate of drug-likeness (QED) is 0.931. The number of hydrogen-bond acceptors (Lipinski definition) is 3. The Kier molecular flexibility index (Phi) is 3.56. The highest BCUT2D eigenvalue weighted by Crippen LogP contribution is 2.18. The van der Waals surface area contributed by atoms with Gasteiger partial charge < -0.3 is 10.0 Å². The van der Waals surface area contributed by atoms with E-state index in [0.717, 1.165) is 16.5 Å². The predicted molar refractivity (Wildman–Crippen MR) is 77.8 cm³/mol. The van der Waals surface area contributed by atoms with E-state index in [9.17, 15) is 9.59 Å². The zero-order chi connectivity index (χ0) is 14.8. The van der Waals surface area contributed by atoms with Gasteiger partial charge in [-0.1, -0.05) is 18.2 Å². The Morgan fingerprint density at radius 1 is 1.33 bits per heavy atom. The number of hydrogen-bond donors (Lipinski definition) is 1. The van der Waals surface area contributed by atoms with E-state index in [-0.39, 0.29) is 12.3 Å². The number of aromatic nitrogens is 1. The fourth-order valence-corrected chi connectivity index (χ4v) is 2.69. The molecule has 1 unspecified atom stereocenters. The van der Waals surface area contributed by atoms with Crippen molar-refractivity contribution in [1.82, 2.24) is 9.88 Å². The van der Waals surface area contributed by atoms with Crippen LogP contribution in [0.2, 0.25) is 0 Å². The molecule has 21 heavy (non-hydrogen) atoms. The molecule has 1 atom stereocenters. The molecule has 1 amide bonds. The smallest absolute Gasteiger partial charge is 0.308 e. The molecule has 5 heteroatoms. The van der Waals surface area contributed by atoms with Crippen molar-refractivity contribution in [3.05, 3.63) is 42.1 Å². The number of likely N-dealkylation sites (tertiary alicyclic amines) is 1. The lowest BCUT2D eigenvalue weighted by Crippen LogP contribution is -2.31. The van der Waals surface area contributed by atoms with Crippen LogP contribution in [-0.2, 0) is 16.0 Å². The second-order valence-electron chi connectivity index (χ2n) is 5.38. The van der Waals surface area contributed by atoms with Gasteiger partial charge in [-0.2, -0.15) is 0 Å². The lowest BCUT2D eigenvalue weighted by molar-refractivity contribution is -0.141. The second-order valence-corrected chi connectivity index (χ2v) is 5.38. The molecule has 1 aromatic heterocycles. The van der Waals surface area contributed by atoms with Crippen LogP contribution in [-0.4, -0.2) is 40.0 Å². The van der Waals surface area contributed by atoms with Crippen molar-refractivity contribution < 1.29 is 14.7 Å². The standard InChI is InChI=1S/C16H16N2O3/c19-15(18-6-5-13(10-18)16(20)21)8-11-7-12-3-1-2-4-14(12)17-9-11/h1-4,7,9,13H,5-6,8,10H2,(H,20,21). The van der Waals surface area contributed by atoms with Gasteiger partial charge in [0.2, 0.25) is 5.91 Å². The van der Waals surface area contributed by atoms with Crippen LogP contribution < -0.4 is 0 Å². The first kappa shape index (κ1) is 13.5. The lowest BCUT2D eigenvalue weighted by atomic mass is 10.1. The van der Waals surface area contributed by atoms with Crippen molar-refractivity contribution in [3.8, 4) is 0 Å². The average Bonchev–Trinajstić information content (AvgIpc) is 2.97. The average molecular weight is 284 g/mol. The maximum atomic E-state index is 12.2. The van der Waals surface area contributed by atoms with Crippen LogP contribution in [0.1, 0.15) is 12.0 Å². The number of carbonyl (C=O) groups excluding carboxylic acids is 1. The van der Waals surface area contributed by atoms with Crippen LogP contribution in [0, 0.1) is 5.92 Å². The van der Waals surface area contributed by atoms with Gasteiger partial charge in [-0.15, -0.1) is 0 Å². The van der Waals surface area contributed by atoms with E-state index in [1.54, 1.807) is 11.1 Å². The minimum absolute atomic E-state index is 0.0316. The van der Waals surface area contributed by atoms with Gasteiger partial charge in [0, 0.05) is 24.7 Å². The maximum Gasteiger partial charge on any atom is 0.308 e. The summed E-state index contributed by atoms with van der Waals surface area (Å²) in [6, 6.07) is 9.72. The Balaban J connectivity index is 1.70. The summed E-state index contributed by atoms with van der Waals surface area (Å²) in [4.78, 5) is 29.1. The summed E-state index contributed by atoms with van der Waals surface area (Å²) in [7, 11) is 0. The molecule has 1 fully saturated rings. The molecule has 0 radical (unpaired) electrons. The Bertz CT molecular complexity index is 699. The van der Waals surface area contributed by atoms with Crippen molar-refractivity contribution in [2.24, 2.45) is 5.92 Å². The van der Waals surface area contributed by atoms with Crippen LogP contribution >= 0.6 is 0 Å². The molecule has 0 aliphatic carbocycles. The molecule has 1 aromatic carbocycles. The highest BCUT2D eigenvalue weighted by atomic mass is 16.4. The Morgan fingerprint density at radius 3 is 2.90 bits per heavy atom. The minimum Gasteiger partial charge on any atom is -0.481 e. The summed E-state index contributed by atoms with van der Waals surface area (Å²) < 4.78 is 0. The van der Waals surface area contributed by atoms with Crippen molar-refractivity contribution in [2.75, 3.05) is 13.1 Å². The highest BCUT2D eigenvalue weighted by Gasteiger charge is 2.30. The number of carboxylic acid groups (broad SMARTS) is 1. The first-order valence-electron chi connectivity index (χ1n) is 6.98. The summed E-state index contributed by atoms with van der Waals surface area (Å²) in [5.74, 6) is -1.28. The monoisotopic (exact) mass is 284 g/mol. The molecule has 1 saturated heterocycles. The number of benzene rings is 1. The molecule has 2 aromatic rings. The number of carboxylic acids is 1. The van der Waals surface area contributed by atoms with Crippen molar-refractivity contribution in [1.29, 1.82) is 0 Å². The molecular formula is C16H16N2O3. The van der Waals surface area contributed by atoms with Crippen LogP contribution in [0.15, 0.2) is 36.5 Å². The first-order chi connectivity index (χ1) is 10.1. The van der Waals surface area contributed by atoms with Gasteiger partial charge in [0.15, 0.2) is 0 Å². The van der Waals surface area contributed by atoms with Crippen molar-refractivity contribution >= 4 is 22.8 Å². The van der Waals surface area contributed by atoms with Crippen molar-refractivity contribution in [3.63, 3.8) is 0 Å². The number of carbonyl (C=O) groups is 2. The molecule has 0 spiro atoms. The molecule has 108 valence electrons. The van der Waals surface area contributed by atoms with E-state index in [1.807, 2.05) is 30.3 Å². The molecule has 5 nitrogen and oxygen atoms in total. The number of para-hydroxylation sites is 1. The zero-order valence-electron chi connectivity index (χ0n) is 11.5. The second kappa shape index (κ2) is 5.52. The maximum absolute atomic E-state index is 12.2. The Labute approximate surface area is 122 Å². The molecule has 2 heterocycles. The lowest BCUT2D eigenvalue weighted by Gasteiger charge is -2.15. The van der Waals surface area contributed by atoms with Crippen LogP contribution in [0.4, 0.5) is 0 Å². The molecule has 0 saturated carbocycles. The highest BCUT2D eigenvalue weighted by molar-refractivity contribution is 5.83. The van der Waals surface area contributed by atoms with Crippen molar-refractivity contribution in [2.45, 2.75) is 12.8 Å². The number of rotatable bonds is 3. The largest absolute Gasteiger partial charge is 0.481 e. The number of aliphatic carboxylic acids is 1. The number of amides is 1. The van der Waals surface area contributed by atoms with E-state index in [1.165, 1.54) is 0 Å². The van der Waals surface area contributed by atoms with Gasteiger partial charge in [0.05, 0.1) is 17.9 Å². The van der Waals surface area contributed by atoms with Crippen LogP contribution in [0.5, 0.6) is 0 Å².